The van der Waals surface area contributed by atoms with Gasteiger partial charge in [0, 0.05) is 11.2 Å². The standard InChI is InChI=1S/C17H27N3O/c1-11-8-15(21-16(11)9-18-17(5,6)7)10-20-14(4)12(2)13(3)19-20/h8,18H,9-10H2,1-7H3. The van der Waals surface area contributed by atoms with E-state index in [-0.39, 0.29) is 5.54 Å². The molecule has 0 radical (unpaired) electrons. The fourth-order valence-corrected chi connectivity index (χ4v) is 2.28. The van der Waals surface area contributed by atoms with Gasteiger partial charge in [0.1, 0.15) is 11.5 Å². The fourth-order valence-electron chi connectivity index (χ4n) is 2.28. The molecule has 0 spiro atoms. The van der Waals surface area contributed by atoms with Gasteiger partial charge >= 0.3 is 0 Å². The second-order valence-corrected chi connectivity index (χ2v) is 6.88. The summed E-state index contributed by atoms with van der Waals surface area (Å²) in [6.45, 7) is 16.3. The van der Waals surface area contributed by atoms with Crippen LogP contribution in [0.3, 0.4) is 0 Å². The van der Waals surface area contributed by atoms with E-state index in [1.165, 1.54) is 16.8 Å². The molecular formula is C17H27N3O. The van der Waals surface area contributed by atoms with E-state index in [9.17, 15) is 0 Å². The number of furan rings is 1. The molecule has 4 nitrogen and oxygen atoms in total. The SMILES string of the molecule is Cc1cc(Cn2nc(C)c(C)c2C)oc1CNC(C)(C)C. The number of nitrogens with one attached hydrogen (secondary N) is 1. The van der Waals surface area contributed by atoms with Crippen LogP contribution in [0.2, 0.25) is 0 Å². The number of aromatic nitrogens is 2. The minimum absolute atomic E-state index is 0.0895. The van der Waals surface area contributed by atoms with Crippen molar-refractivity contribution in [3.05, 3.63) is 40.1 Å². The van der Waals surface area contributed by atoms with Crippen LogP contribution in [-0.4, -0.2) is 15.3 Å². The minimum atomic E-state index is 0.0895. The predicted molar refractivity (Wildman–Crippen MR) is 85.6 cm³/mol. The maximum Gasteiger partial charge on any atom is 0.126 e. The Kier molecular flexibility index (Phi) is 4.28. The predicted octanol–water partition coefficient (Wildman–Crippen LogP) is 3.65. The van der Waals surface area contributed by atoms with Crippen molar-refractivity contribution in [2.75, 3.05) is 0 Å². The molecule has 2 rings (SSSR count). The quantitative estimate of drug-likeness (QED) is 0.934. The molecule has 0 unspecified atom stereocenters. The van der Waals surface area contributed by atoms with E-state index in [4.69, 9.17) is 4.42 Å². The Morgan fingerprint density at radius 2 is 1.86 bits per heavy atom. The second kappa shape index (κ2) is 5.68. The highest BCUT2D eigenvalue weighted by Crippen LogP contribution is 2.18. The average molecular weight is 289 g/mol. The molecule has 2 aromatic rings. The zero-order valence-electron chi connectivity index (χ0n) is 14.3. The van der Waals surface area contributed by atoms with Gasteiger partial charge in [0.25, 0.3) is 0 Å². The lowest BCUT2D eigenvalue weighted by molar-refractivity contribution is 0.372. The van der Waals surface area contributed by atoms with E-state index in [1.807, 2.05) is 11.6 Å². The smallest absolute Gasteiger partial charge is 0.126 e. The molecular weight excluding hydrogens is 262 g/mol. The maximum atomic E-state index is 5.99. The number of rotatable bonds is 4. The summed E-state index contributed by atoms with van der Waals surface area (Å²) in [5.74, 6) is 1.97. The Labute approximate surface area is 127 Å². The monoisotopic (exact) mass is 289 g/mol. The van der Waals surface area contributed by atoms with E-state index >= 15 is 0 Å². The summed E-state index contributed by atoms with van der Waals surface area (Å²) in [4.78, 5) is 0. The lowest BCUT2D eigenvalue weighted by Gasteiger charge is -2.19. The van der Waals surface area contributed by atoms with E-state index in [0.29, 0.717) is 6.54 Å². The van der Waals surface area contributed by atoms with Gasteiger partial charge in [-0.3, -0.25) is 4.68 Å². The number of nitrogens with zero attached hydrogens (tertiary/aromatic N) is 2. The van der Waals surface area contributed by atoms with Crippen LogP contribution >= 0.6 is 0 Å². The summed E-state index contributed by atoms with van der Waals surface area (Å²) >= 11 is 0. The lowest BCUT2D eigenvalue weighted by Crippen LogP contribution is -2.35. The topological polar surface area (TPSA) is 43.0 Å². The number of aryl methyl sites for hydroxylation is 2. The van der Waals surface area contributed by atoms with Crippen LogP contribution in [0, 0.1) is 27.7 Å². The fraction of sp³-hybridized carbons (Fsp3) is 0.588. The first-order valence-corrected chi connectivity index (χ1v) is 7.51. The molecule has 4 heteroatoms. The van der Waals surface area contributed by atoms with Gasteiger partial charge < -0.3 is 9.73 Å². The highest BCUT2D eigenvalue weighted by molar-refractivity contribution is 5.24. The van der Waals surface area contributed by atoms with Gasteiger partial charge in [-0.1, -0.05) is 0 Å². The zero-order chi connectivity index (χ0) is 15.8. The molecule has 0 fully saturated rings. The molecule has 2 heterocycles. The van der Waals surface area contributed by atoms with Gasteiger partial charge in [-0.25, -0.2) is 0 Å². The molecule has 0 saturated heterocycles. The summed E-state index contributed by atoms with van der Waals surface area (Å²) in [5.41, 5.74) is 4.83. The van der Waals surface area contributed by atoms with Crippen molar-refractivity contribution >= 4 is 0 Å². The zero-order valence-corrected chi connectivity index (χ0v) is 14.3. The molecule has 0 saturated carbocycles. The summed E-state index contributed by atoms with van der Waals surface area (Å²) < 4.78 is 8.01. The summed E-state index contributed by atoms with van der Waals surface area (Å²) in [5, 5.41) is 8.03. The Hall–Kier alpha value is -1.55. The Balaban J connectivity index is 2.13. The first-order valence-electron chi connectivity index (χ1n) is 7.51. The second-order valence-electron chi connectivity index (χ2n) is 6.88. The van der Waals surface area contributed by atoms with Crippen LogP contribution in [0.1, 0.15) is 54.8 Å². The van der Waals surface area contributed by atoms with Gasteiger partial charge in [0.2, 0.25) is 0 Å². The third-order valence-electron chi connectivity index (χ3n) is 3.90. The Bertz CT molecular complexity index is 629. The highest BCUT2D eigenvalue weighted by Gasteiger charge is 2.14. The number of hydrogen-bond acceptors (Lipinski definition) is 3. The summed E-state index contributed by atoms with van der Waals surface area (Å²) in [6, 6.07) is 2.12. The molecule has 2 aromatic heterocycles. The van der Waals surface area contributed by atoms with Crippen molar-refractivity contribution in [2.24, 2.45) is 0 Å². The van der Waals surface area contributed by atoms with Crippen LogP contribution in [-0.2, 0) is 13.1 Å². The van der Waals surface area contributed by atoms with E-state index in [0.717, 1.165) is 23.8 Å². The molecule has 0 aliphatic rings. The van der Waals surface area contributed by atoms with Crippen molar-refractivity contribution in [3.63, 3.8) is 0 Å². The van der Waals surface area contributed by atoms with Crippen molar-refractivity contribution in [2.45, 2.75) is 67.1 Å². The van der Waals surface area contributed by atoms with Gasteiger partial charge in [0.05, 0.1) is 18.8 Å². The minimum Gasteiger partial charge on any atom is -0.462 e. The van der Waals surface area contributed by atoms with Crippen molar-refractivity contribution in [3.8, 4) is 0 Å². The normalized spacial score (nSPS) is 12.1. The van der Waals surface area contributed by atoms with Crippen LogP contribution in [0.4, 0.5) is 0 Å². The van der Waals surface area contributed by atoms with Gasteiger partial charge in [-0.05, 0) is 65.7 Å². The molecule has 0 aromatic carbocycles. The summed E-state index contributed by atoms with van der Waals surface area (Å²) in [6.07, 6.45) is 0. The average Bonchev–Trinajstić information content (AvgIpc) is 2.83. The third-order valence-corrected chi connectivity index (χ3v) is 3.90. The van der Waals surface area contributed by atoms with Crippen LogP contribution < -0.4 is 5.32 Å². The van der Waals surface area contributed by atoms with Gasteiger partial charge in [-0.15, -0.1) is 0 Å². The molecule has 0 bridgehead atoms. The van der Waals surface area contributed by atoms with Crippen molar-refractivity contribution < 1.29 is 4.42 Å². The molecule has 116 valence electrons. The Morgan fingerprint density at radius 3 is 2.38 bits per heavy atom. The third kappa shape index (κ3) is 3.76. The molecule has 0 aliphatic heterocycles. The van der Waals surface area contributed by atoms with Crippen LogP contribution in [0.5, 0.6) is 0 Å². The first kappa shape index (κ1) is 15.8. The van der Waals surface area contributed by atoms with Gasteiger partial charge in [-0.2, -0.15) is 5.10 Å². The van der Waals surface area contributed by atoms with E-state index in [1.54, 1.807) is 0 Å². The Morgan fingerprint density at radius 1 is 1.19 bits per heavy atom. The van der Waals surface area contributed by atoms with E-state index < -0.39 is 0 Å². The van der Waals surface area contributed by atoms with Crippen molar-refractivity contribution in [1.82, 2.24) is 15.1 Å². The first-order chi connectivity index (χ1) is 9.67. The highest BCUT2D eigenvalue weighted by atomic mass is 16.3. The molecule has 1 N–H and O–H groups in total. The molecule has 0 atom stereocenters. The summed E-state index contributed by atoms with van der Waals surface area (Å²) in [7, 11) is 0. The van der Waals surface area contributed by atoms with Crippen LogP contribution in [0.25, 0.3) is 0 Å². The van der Waals surface area contributed by atoms with Gasteiger partial charge in [0.15, 0.2) is 0 Å². The van der Waals surface area contributed by atoms with E-state index in [2.05, 4.69) is 58.0 Å². The molecule has 0 aliphatic carbocycles. The molecule has 0 amide bonds. The maximum absolute atomic E-state index is 5.99. The van der Waals surface area contributed by atoms with Crippen LogP contribution in [0.15, 0.2) is 10.5 Å². The molecule has 21 heavy (non-hydrogen) atoms. The number of hydrogen-bond donors (Lipinski definition) is 1. The lowest BCUT2D eigenvalue weighted by atomic mass is 10.1. The largest absolute Gasteiger partial charge is 0.462 e. The van der Waals surface area contributed by atoms with Crippen molar-refractivity contribution in [1.29, 1.82) is 0 Å².